The Balaban J connectivity index is 1.67. The van der Waals surface area contributed by atoms with Crippen LogP contribution in [0.5, 0.6) is 0 Å². The molecule has 7 nitrogen and oxygen atoms in total. The number of hydrogen-bond donors (Lipinski definition) is 2. The van der Waals surface area contributed by atoms with Crippen molar-refractivity contribution in [2.24, 2.45) is 11.3 Å². The van der Waals surface area contributed by atoms with Crippen LogP contribution < -0.4 is 10.2 Å². The summed E-state index contributed by atoms with van der Waals surface area (Å²) >= 11 is 0. The van der Waals surface area contributed by atoms with Gasteiger partial charge in [0.2, 0.25) is 5.91 Å². The number of carbonyl (C=O) groups is 3. The minimum atomic E-state index is -0.836. The molecule has 146 valence electrons. The summed E-state index contributed by atoms with van der Waals surface area (Å²) in [6.07, 6.45) is 2.07. The van der Waals surface area contributed by atoms with E-state index in [1.165, 1.54) is 4.90 Å². The second-order valence-electron chi connectivity index (χ2n) is 8.13. The summed E-state index contributed by atoms with van der Waals surface area (Å²) in [4.78, 5) is 37.6. The molecule has 2 heterocycles. The van der Waals surface area contributed by atoms with Crippen molar-refractivity contribution in [3.05, 3.63) is 29.8 Å². The molecule has 0 saturated carbocycles. The van der Waals surface area contributed by atoms with Gasteiger partial charge in [-0.1, -0.05) is 26.0 Å². The lowest BCUT2D eigenvalue weighted by atomic mass is 9.70. The first-order valence-corrected chi connectivity index (χ1v) is 9.44. The van der Waals surface area contributed by atoms with Gasteiger partial charge in [-0.15, -0.1) is 0 Å². The molecule has 0 bridgehead atoms. The Morgan fingerprint density at radius 3 is 2.56 bits per heavy atom. The maximum Gasteiger partial charge on any atom is 0.407 e. The molecule has 2 aliphatic heterocycles. The molecule has 27 heavy (non-hydrogen) atoms. The monoisotopic (exact) mass is 373 g/mol. The first-order valence-electron chi connectivity index (χ1n) is 9.44. The van der Waals surface area contributed by atoms with Gasteiger partial charge < -0.3 is 10.0 Å². The Kier molecular flexibility index (Phi) is 5.39. The van der Waals surface area contributed by atoms with Gasteiger partial charge in [-0.3, -0.25) is 15.0 Å². The Labute approximate surface area is 159 Å². The second-order valence-corrected chi connectivity index (χ2v) is 8.13. The SMILES string of the molecule is CC(C)(Cc1cccc(N2CCC(=O)NC2=O)c1)C1CCN(C(=O)O)CC1. The van der Waals surface area contributed by atoms with Crippen molar-refractivity contribution >= 4 is 23.7 Å². The van der Waals surface area contributed by atoms with Gasteiger partial charge in [-0.2, -0.15) is 0 Å². The molecular formula is C20H27N3O4. The number of amides is 4. The van der Waals surface area contributed by atoms with Gasteiger partial charge in [-0.05, 0) is 48.3 Å². The first kappa shape index (κ1) is 19.2. The minimum Gasteiger partial charge on any atom is -0.465 e. The number of carboxylic acid groups (broad SMARTS) is 1. The zero-order valence-electron chi connectivity index (χ0n) is 15.9. The van der Waals surface area contributed by atoms with Gasteiger partial charge in [0.1, 0.15) is 0 Å². The molecule has 0 spiro atoms. The number of nitrogens with one attached hydrogen (secondary N) is 1. The zero-order valence-corrected chi connectivity index (χ0v) is 15.9. The summed E-state index contributed by atoms with van der Waals surface area (Å²) in [5.74, 6) is 0.217. The number of benzene rings is 1. The van der Waals surface area contributed by atoms with E-state index in [1.807, 2.05) is 18.2 Å². The Hall–Kier alpha value is -2.57. The van der Waals surface area contributed by atoms with E-state index < -0.39 is 6.09 Å². The molecule has 4 amide bonds. The zero-order chi connectivity index (χ0) is 19.6. The third-order valence-electron chi connectivity index (χ3n) is 5.81. The van der Waals surface area contributed by atoms with E-state index in [2.05, 4.69) is 25.2 Å². The molecule has 3 rings (SSSR count). The second kappa shape index (κ2) is 7.58. The molecule has 0 unspecified atom stereocenters. The van der Waals surface area contributed by atoms with Gasteiger partial charge in [-0.25, -0.2) is 9.59 Å². The summed E-state index contributed by atoms with van der Waals surface area (Å²) in [5.41, 5.74) is 1.97. The van der Waals surface area contributed by atoms with Crippen molar-refractivity contribution in [3.63, 3.8) is 0 Å². The number of nitrogens with zero attached hydrogens (tertiary/aromatic N) is 2. The number of urea groups is 1. The summed E-state index contributed by atoms with van der Waals surface area (Å²) in [6, 6.07) is 7.53. The molecular weight excluding hydrogens is 346 g/mol. The Morgan fingerprint density at radius 1 is 1.22 bits per heavy atom. The van der Waals surface area contributed by atoms with Crippen molar-refractivity contribution in [1.29, 1.82) is 0 Å². The lowest BCUT2D eigenvalue weighted by Gasteiger charge is -2.40. The van der Waals surface area contributed by atoms with Crippen molar-refractivity contribution in [3.8, 4) is 0 Å². The van der Waals surface area contributed by atoms with E-state index in [4.69, 9.17) is 5.11 Å². The maximum atomic E-state index is 12.1. The van der Waals surface area contributed by atoms with Gasteiger partial charge in [0, 0.05) is 31.7 Å². The quantitative estimate of drug-likeness (QED) is 0.849. The number of hydrogen-bond acceptors (Lipinski definition) is 3. The van der Waals surface area contributed by atoms with Crippen LogP contribution in [-0.4, -0.2) is 47.7 Å². The molecule has 2 N–H and O–H groups in total. The number of piperidine rings is 1. The lowest BCUT2D eigenvalue weighted by molar-refractivity contribution is -0.120. The average molecular weight is 373 g/mol. The fourth-order valence-corrected chi connectivity index (χ4v) is 4.17. The highest BCUT2D eigenvalue weighted by atomic mass is 16.4. The number of imide groups is 1. The van der Waals surface area contributed by atoms with Gasteiger partial charge >= 0.3 is 12.1 Å². The van der Waals surface area contributed by atoms with E-state index in [0.717, 1.165) is 30.5 Å². The molecule has 0 atom stereocenters. The van der Waals surface area contributed by atoms with Gasteiger partial charge in [0.25, 0.3) is 0 Å². The van der Waals surface area contributed by atoms with E-state index in [0.29, 0.717) is 32.0 Å². The predicted octanol–water partition coefficient (Wildman–Crippen LogP) is 3.09. The molecule has 7 heteroatoms. The van der Waals surface area contributed by atoms with Crippen LogP contribution in [0.15, 0.2) is 24.3 Å². The fraction of sp³-hybridized carbons (Fsp3) is 0.550. The Bertz CT molecular complexity index is 738. The molecule has 2 saturated heterocycles. The van der Waals surface area contributed by atoms with Crippen LogP contribution in [0, 0.1) is 11.3 Å². The van der Waals surface area contributed by atoms with Crippen LogP contribution in [-0.2, 0) is 11.2 Å². The molecule has 0 radical (unpaired) electrons. The lowest BCUT2D eigenvalue weighted by Crippen LogP contribution is -2.49. The highest BCUT2D eigenvalue weighted by Gasteiger charge is 2.34. The van der Waals surface area contributed by atoms with Gasteiger partial charge in [0.15, 0.2) is 0 Å². The summed E-state index contributed by atoms with van der Waals surface area (Å²) in [6.45, 7) is 6.03. The third kappa shape index (κ3) is 4.40. The molecule has 1 aromatic carbocycles. The molecule has 2 fully saturated rings. The number of anilines is 1. The van der Waals surface area contributed by atoms with E-state index in [1.54, 1.807) is 4.90 Å². The van der Waals surface area contributed by atoms with Crippen LogP contribution in [0.1, 0.15) is 38.7 Å². The van der Waals surface area contributed by atoms with Crippen molar-refractivity contribution in [2.75, 3.05) is 24.5 Å². The number of carbonyl (C=O) groups excluding carboxylic acids is 2. The summed E-state index contributed by atoms with van der Waals surface area (Å²) in [7, 11) is 0. The maximum absolute atomic E-state index is 12.1. The highest BCUT2D eigenvalue weighted by Crippen LogP contribution is 2.38. The molecule has 1 aromatic rings. The number of likely N-dealkylation sites (tertiary alicyclic amines) is 1. The average Bonchev–Trinajstić information content (AvgIpc) is 2.61. The third-order valence-corrected chi connectivity index (χ3v) is 5.81. The highest BCUT2D eigenvalue weighted by molar-refractivity contribution is 6.05. The molecule has 0 aliphatic carbocycles. The van der Waals surface area contributed by atoms with Crippen LogP contribution in [0.4, 0.5) is 15.3 Å². The predicted molar refractivity (Wildman–Crippen MR) is 102 cm³/mol. The first-order chi connectivity index (χ1) is 12.8. The van der Waals surface area contributed by atoms with Crippen LogP contribution in [0.3, 0.4) is 0 Å². The van der Waals surface area contributed by atoms with Crippen LogP contribution >= 0.6 is 0 Å². The van der Waals surface area contributed by atoms with Crippen molar-refractivity contribution < 1.29 is 19.5 Å². The molecule has 0 aromatic heterocycles. The number of rotatable bonds is 4. The molecule has 2 aliphatic rings. The normalized spacial score (nSPS) is 19.2. The minimum absolute atomic E-state index is 0.0311. The van der Waals surface area contributed by atoms with Crippen molar-refractivity contribution in [1.82, 2.24) is 10.2 Å². The smallest absolute Gasteiger partial charge is 0.407 e. The fourth-order valence-electron chi connectivity index (χ4n) is 4.17. The summed E-state index contributed by atoms with van der Waals surface area (Å²) in [5, 5.41) is 11.5. The van der Waals surface area contributed by atoms with E-state index in [-0.39, 0.29) is 17.4 Å². The van der Waals surface area contributed by atoms with Crippen LogP contribution in [0.2, 0.25) is 0 Å². The van der Waals surface area contributed by atoms with E-state index in [9.17, 15) is 14.4 Å². The van der Waals surface area contributed by atoms with Gasteiger partial charge in [0.05, 0.1) is 0 Å². The largest absolute Gasteiger partial charge is 0.465 e. The topological polar surface area (TPSA) is 90.0 Å². The summed E-state index contributed by atoms with van der Waals surface area (Å²) < 4.78 is 0. The Morgan fingerprint density at radius 2 is 1.93 bits per heavy atom. The van der Waals surface area contributed by atoms with E-state index >= 15 is 0 Å². The standard InChI is InChI=1S/C20H27N3O4/c1-20(2,15-6-9-22(10-7-15)19(26)27)13-14-4-3-5-16(12-14)23-11-8-17(24)21-18(23)25/h3-5,12,15H,6-11,13H2,1-2H3,(H,26,27)(H,21,24,25). The van der Waals surface area contributed by atoms with Crippen LogP contribution in [0.25, 0.3) is 0 Å². The van der Waals surface area contributed by atoms with Crippen molar-refractivity contribution in [2.45, 2.75) is 39.5 Å².